The van der Waals surface area contributed by atoms with Crippen LogP contribution >= 0.6 is 0 Å². The minimum atomic E-state index is -1.56. The van der Waals surface area contributed by atoms with E-state index in [1.165, 1.54) is 7.11 Å². The number of ether oxygens (including phenoxy) is 6. The molecule has 0 radical (unpaired) electrons. The lowest BCUT2D eigenvalue weighted by molar-refractivity contribution is -0.336. The van der Waals surface area contributed by atoms with Crippen LogP contribution in [0.3, 0.4) is 0 Å². The highest BCUT2D eigenvalue weighted by Crippen LogP contribution is 2.55. The summed E-state index contributed by atoms with van der Waals surface area (Å²) in [5.41, 5.74) is -1.15. The molecule has 5 rings (SSSR count). The molecule has 0 aliphatic carbocycles. The van der Waals surface area contributed by atoms with Gasteiger partial charge < -0.3 is 48.8 Å². The van der Waals surface area contributed by atoms with E-state index in [9.17, 15) is 25.2 Å². The van der Waals surface area contributed by atoms with Crippen molar-refractivity contribution in [1.82, 2.24) is 0 Å². The summed E-state index contributed by atoms with van der Waals surface area (Å²) in [6.45, 7) is 15.6. The first-order valence-electron chi connectivity index (χ1n) is 18.1. The third-order valence-electron chi connectivity index (χ3n) is 13.0. The van der Waals surface area contributed by atoms with E-state index >= 15 is 0 Å². The third kappa shape index (κ3) is 6.67. The highest BCUT2D eigenvalue weighted by Gasteiger charge is 2.62. The molecule has 5 aliphatic rings. The van der Waals surface area contributed by atoms with Crippen molar-refractivity contribution in [3.63, 3.8) is 0 Å². The number of methoxy groups -OCH3 is 1. The predicted molar refractivity (Wildman–Crippen MR) is 172 cm³/mol. The second kappa shape index (κ2) is 13.7. The van der Waals surface area contributed by atoms with E-state index in [-0.39, 0.29) is 54.0 Å². The van der Waals surface area contributed by atoms with E-state index in [4.69, 9.17) is 28.4 Å². The third-order valence-corrected chi connectivity index (χ3v) is 13.0. The zero-order valence-corrected chi connectivity index (χ0v) is 30.0. The minimum Gasteiger partial charge on any atom is -0.481 e. The van der Waals surface area contributed by atoms with Crippen LogP contribution in [0.2, 0.25) is 0 Å². The predicted octanol–water partition coefficient (Wildman–Crippen LogP) is 4.27. The smallest absolute Gasteiger partial charge is 0.308 e. The molecule has 0 amide bonds. The Hall–Kier alpha value is -0.890. The second-order valence-electron chi connectivity index (χ2n) is 16.3. The lowest BCUT2D eigenvalue weighted by Crippen LogP contribution is -2.57. The van der Waals surface area contributed by atoms with E-state index < -0.39 is 59.6 Å². The number of carboxylic acid groups (broad SMARTS) is 1. The molecule has 1 spiro atoms. The molecule has 5 saturated heterocycles. The molecule has 1 unspecified atom stereocenters. The summed E-state index contributed by atoms with van der Waals surface area (Å²) in [6.07, 6.45) is 2.99. The Labute approximate surface area is 281 Å². The summed E-state index contributed by atoms with van der Waals surface area (Å²) in [7, 11) is 1.52. The Bertz CT molecular complexity index is 1110. The summed E-state index contributed by atoms with van der Waals surface area (Å²) in [5.74, 6) is -4.52. The first-order valence-corrected chi connectivity index (χ1v) is 18.1. The Morgan fingerprint density at radius 2 is 1.72 bits per heavy atom. The lowest BCUT2D eigenvalue weighted by Gasteiger charge is -2.49. The minimum absolute atomic E-state index is 0.153. The highest BCUT2D eigenvalue weighted by atomic mass is 16.7. The van der Waals surface area contributed by atoms with Crippen molar-refractivity contribution in [1.29, 1.82) is 0 Å². The molecule has 17 atom stereocenters. The first kappa shape index (κ1) is 37.4. The summed E-state index contributed by atoms with van der Waals surface area (Å²) in [4.78, 5) is 11.8. The van der Waals surface area contributed by atoms with Gasteiger partial charge in [0.25, 0.3) is 0 Å². The molecule has 4 N–H and O–H groups in total. The number of aliphatic hydroxyl groups is 3. The topological polar surface area (TPSA) is 153 Å². The van der Waals surface area contributed by atoms with Crippen LogP contribution in [0.5, 0.6) is 0 Å². The van der Waals surface area contributed by atoms with Crippen molar-refractivity contribution in [2.45, 2.75) is 172 Å². The molecule has 5 heterocycles. The first-order chi connectivity index (χ1) is 22.0. The standard InChI is InChI=1S/C36H62O11/c1-10-34(31-20(3)16-26(43-31)28-19(2)15-21(4)36(41,18-37)46-28)12-11-27(44-34)33(8)13-14-35(47-33)17-25(38)22(5)30(45-35)23(6)29(42-9)24(7)32(39)40/h19-31,37-38,41H,10-18H2,1-9H3,(H,39,40)/t19-,20-,21+,22+,23+,24-,25-,26-,27+,28?,29+,30-,31+,33-,34+,35-,36-/m0/s1. The van der Waals surface area contributed by atoms with Gasteiger partial charge in [0.2, 0.25) is 0 Å². The van der Waals surface area contributed by atoms with Gasteiger partial charge in [0.15, 0.2) is 11.6 Å². The lowest BCUT2D eigenvalue weighted by atomic mass is 9.78. The zero-order chi connectivity index (χ0) is 34.7. The van der Waals surface area contributed by atoms with Crippen molar-refractivity contribution in [3.05, 3.63) is 0 Å². The van der Waals surface area contributed by atoms with E-state index in [2.05, 4.69) is 27.7 Å². The molecular formula is C36H62O11. The van der Waals surface area contributed by atoms with Crippen molar-refractivity contribution in [3.8, 4) is 0 Å². The monoisotopic (exact) mass is 670 g/mol. The summed E-state index contributed by atoms with van der Waals surface area (Å²) >= 11 is 0. The Morgan fingerprint density at radius 1 is 1.02 bits per heavy atom. The largest absolute Gasteiger partial charge is 0.481 e. The van der Waals surface area contributed by atoms with Gasteiger partial charge in [-0.05, 0) is 64.2 Å². The molecule has 0 aromatic rings. The van der Waals surface area contributed by atoms with Gasteiger partial charge in [0, 0.05) is 37.7 Å². The van der Waals surface area contributed by atoms with Gasteiger partial charge in [-0.1, -0.05) is 41.5 Å². The van der Waals surface area contributed by atoms with Crippen LogP contribution in [0.15, 0.2) is 0 Å². The fourth-order valence-corrected chi connectivity index (χ4v) is 9.91. The molecule has 47 heavy (non-hydrogen) atoms. The van der Waals surface area contributed by atoms with Gasteiger partial charge in [0.05, 0.1) is 66.5 Å². The van der Waals surface area contributed by atoms with Gasteiger partial charge in [-0.25, -0.2) is 0 Å². The van der Waals surface area contributed by atoms with Crippen LogP contribution in [0, 0.1) is 35.5 Å². The van der Waals surface area contributed by atoms with E-state index in [0.29, 0.717) is 19.3 Å². The molecular weight excluding hydrogens is 608 g/mol. The van der Waals surface area contributed by atoms with Crippen LogP contribution in [0.1, 0.15) is 107 Å². The molecule has 0 aromatic carbocycles. The highest BCUT2D eigenvalue weighted by molar-refractivity contribution is 5.70. The number of carboxylic acids is 1. The summed E-state index contributed by atoms with van der Waals surface area (Å²) in [6, 6.07) is 0. The quantitative estimate of drug-likeness (QED) is 0.264. The van der Waals surface area contributed by atoms with Crippen LogP contribution < -0.4 is 0 Å². The van der Waals surface area contributed by atoms with Crippen molar-refractivity contribution in [2.24, 2.45) is 35.5 Å². The molecule has 0 aromatic heterocycles. The van der Waals surface area contributed by atoms with Gasteiger partial charge in [-0.3, -0.25) is 4.79 Å². The molecule has 5 fully saturated rings. The van der Waals surface area contributed by atoms with Gasteiger partial charge in [-0.15, -0.1) is 0 Å². The Morgan fingerprint density at radius 3 is 2.34 bits per heavy atom. The number of hydrogen-bond donors (Lipinski definition) is 4. The molecule has 11 nitrogen and oxygen atoms in total. The van der Waals surface area contributed by atoms with E-state index in [0.717, 1.165) is 32.1 Å². The maximum absolute atomic E-state index is 11.8. The van der Waals surface area contributed by atoms with Gasteiger partial charge in [-0.2, -0.15) is 0 Å². The molecule has 5 aliphatic heterocycles. The van der Waals surface area contributed by atoms with Crippen molar-refractivity contribution in [2.75, 3.05) is 13.7 Å². The fraction of sp³-hybridized carbons (Fsp3) is 0.972. The number of aliphatic carboxylic acids is 1. The normalized spacial score (nSPS) is 50.9. The number of carbonyl (C=O) groups is 1. The SMILES string of the molecule is CC[C@]1([C@@H]2O[C@H](C3O[C@@](O)(CO)[C@H](C)C[C@@H]3C)C[C@@H]2C)CC[C@H]([C@]2(C)CC[C@@]3(C[C@H](O)[C@@H](C)[C@@H]([C@H](C)[C@@H](OC)[C@H](C)C(=O)O)O3)O2)O1. The van der Waals surface area contributed by atoms with Crippen LogP contribution in [0.4, 0.5) is 0 Å². The van der Waals surface area contributed by atoms with Crippen LogP contribution in [-0.2, 0) is 33.2 Å². The molecule has 272 valence electrons. The summed E-state index contributed by atoms with van der Waals surface area (Å²) in [5, 5.41) is 41.8. The van der Waals surface area contributed by atoms with Gasteiger partial charge in [0.1, 0.15) is 0 Å². The Balaban J connectivity index is 1.29. The number of hydrogen-bond acceptors (Lipinski definition) is 10. The average molecular weight is 671 g/mol. The van der Waals surface area contributed by atoms with Gasteiger partial charge >= 0.3 is 5.97 Å². The van der Waals surface area contributed by atoms with Crippen molar-refractivity contribution >= 4 is 5.97 Å². The molecule has 0 bridgehead atoms. The average Bonchev–Trinajstić information content (AvgIpc) is 3.73. The maximum atomic E-state index is 11.8. The number of rotatable bonds is 10. The molecule has 11 heteroatoms. The van der Waals surface area contributed by atoms with Crippen LogP contribution in [0.25, 0.3) is 0 Å². The maximum Gasteiger partial charge on any atom is 0.308 e. The number of aliphatic hydroxyl groups excluding tert-OH is 2. The Kier molecular flexibility index (Phi) is 10.9. The van der Waals surface area contributed by atoms with E-state index in [1.807, 2.05) is 20.8 Å². The van der Waals surface area contributed by atoms with Crippen molar-refractivity contribution < 1.29 is 53.6 Å². The zero-order valence-electron chi connectivity index (χ0n) is 30.0. The van der Waals surface area contributed by atoms with E-state index in [1.54, 1.807) is 6.92 Å². The van der Waals surface area contributed by atoms with Crippen LogP contribution in [-0.4, -0.2) is 106 Å². The molecule has 0 saturated carbocycles. The second-order valence-corrected chi connectivity index (χ2v) is 16.3. The fourth-order valence-electron chi connectivity index (χ4n) is 9.91. The summed E-state index contributed by atoms with van der Waals surface area (Å²) < 4.78 is 39.4.